The third-order valence-electron chi connectivity index (χ3n) is 2.20. The van der Waals surface area contributed by atoms with E-state index in [2.05, 4.69) is 10.1 Å². The van der Waals surface area contributed by atoms with E-state index >= 15 is 0 Å². The first kappa shape index (κ1) is 11.3. The Morgan fingerprint density at radius 2 is 2.21 bits per heavy atom. The predicted molar refractivity (Wildman–Crippen MR) is 39.4 cm³/mol. The summed E-state index contributed by atoms with van der Waals surface area (Å²) in [6.45, 7) is -0.684. The van der Waals surface area contributed by atoms with Gasteiger partial charge in [-0.1, -0.05) is 0 Å². The van der Waals surface area contributed by atoms with Gasteiger partial charge in [0, 0.05) is 13.0 Å². The van der Waals surface area contributed by atoms with Crippen molar-refractivity contribution in [2.45, 2.75) is 24.2 Å². The molecule has 7 heteroatoms. The minimum absolute atomic E-state index is 0.684. The summed E-state index contributed by atoms with van der Waals surface area (Å²) in [7, 11) is 1.08. The summed E-state index contributed by atoms with van der Waals surface area (Å²) in [6, 6.07) is -1.09. The van der Waals surface area contributed by atoms with Gasteiger partial charge in [-0.15, -0.1) is 0 Å². The fourth-order valence-corrected chi connectivity index (χ4v) is 1.30. The molecule has 1 heterocycles. The van der Waals surface area contributed by atoms with Crippen molar-refractivity contribution in [2.24, 2.45) is 0 Å². The third-order valence-corrected chi connectivity index (χ3v) is 2.20. The first-order chi connectivity index (χ1) is 6.30. The van der Waals surface area contributed by atoms with Crippen molar-refractivity contribution in [1.82, 2.24) is 5.32 Å². The molecule has 0 aromatic heterocycles. The maximum atomic E-state index is 12.2. The summed E-state index contributed by atoms with van der Waals surface area (Å²) in [5.74, 6) is -0.801. The highest BCUT2D eigenvalue weighted by Crippen LogP contribution is 2.36. The Labute approximate surface area is 78.0 Å². The summed E-state index contributed by atoms with van der Waals surface area (Å²) in [5, 5.41) is 11.4. The Hall–Kier alpha value is -0.820. The third kappa shape index (κ3) is 1.83. The minimum Gasteiger partial charge on any atom is -0.468 e. The van der Waals surface area contributed by atoms with E-state index in [9.17, 15) is 18.0 Å². The lowest BCUT2D eigenvalue weighted by Crippen LogP contribution is -2.46. The van der Waals surface area contributed by atoms with Gasteiger partial charge in [-0.05, 0) is 0 Å². The molecule has 0 bridgehead atoms. The molecular weight excluding hydrogens is 203 g/mol. The number of carbonyl (C=O) groups excluding carboxylic acids is 1. The van der Waals surface area contributed by atoms with Crippen molar-refractivity contribution in [1.29, 1.82) is 0 Å². The molecule has 82 valence electrons. The Kier molecular flexibility index (Phi) is 2.73. The number of halogens is 3. The van der Waals surface area contributed by atoms with Crippen LogP contribution >= 0.6 is 0 Å². The van der Waals surface area contributed by atoms with Gasteiger partial charge < -0.3 is 15.2 Å². The highest BCUT2D eigenvalue weighted by atomic mass is 19.4. The number of rotatable bonds is 1. The number of hydrogen-bond acceptors (Lipinski definition) is 4. The number of nitrogens with one attached hydrogen (secondary N) is 1. The molecule has 2 N–H and O–H groups in total. The first-order valence-electron chi connectivity index (χ1n) is 3.90. The Bertz CT molecular complexity index is 243. The van der Waals surface area contributed by atoms with Crippen molar-refractivity contribution >= 4 is 5.97 Å². The fraction of sp³-hybridized carbons (Fsp3) is 0.857. The fourth-order valence-electron chi connectivity index (χ4n) is 1.30. The first-order valence-corrected chi connectivity index (χ1v) is 3.90. The van der Waals surface area contributed by atoms with Gasteiger partial charge in [-0.2, -0.15) is 13.2 Å². The lowest BCUT2D eigenvalue weighted by Gasteiger charge is -2.24. The normalized spacial score (nSPS) is 33.1. The molecule has 0 aromatic rings. The van der Waals surface area contributed by atoms with E-state index in [0.717, 1.165) is 7.11 Å². The largest absolute Gasteiger partial charge is 0.468 e. The van der Waals surface area contributed by atoms with Crippen LogP contribution in [0, 0.1) is 0 Å². The van der Waals surface area contributed by atoms with Crippen molar-refractivity contribution in [3.05, 3.63) is 0 Å². The quantitative estimate of drug-likeness (QED) is 0.593. The van der Waals surface area contributed by atoms with Gasteiger partial charge >= 0.3 is 12.1 Å². The number of β-amino-alcohol motifs (C(OH)–C–C–N with tert-alkyl or cyclic N) is 1. The van der Waals surface area contributed by atoms with Crippen molar-refractivity contribution < 1.29 is 27.8 Å². The molecule has 0 radical (unpaired) electrons. The maximum absolute atomic E-state index is 12.2. The lowest BCUT2D eigenvalue weighted by atomic mass is 10.00. The number of methoxy groups -OCH3 is 1. The van der Waals surface area contributed by atoms with Crippen LogP contribution in [0.4, 0.5) is 13.2 Å². The minimum atomic E-state index is -4.73. The topological polar surface area (TPSA) is 58.6 Å². The molecule has 1 saturated heterocycles. The molecule has 0 aromatic carbocycles. The van der Waals surface area contributed by atoms with E-state index in [0.29, 0.717) is 0 Å². The van der Waals surface area contributed by atoms with Crippen LogP contribution in [-0.2, 0) is 9.53 Å². The number of esters is 1. The molecule has 4 nitrogen and oxygen atoms in total. The second kappa shape index (κ2) is 3.39. The SMILES string of the molecule is COC(=O)C1CC(O)(C(F)(F)F)CN1. The molecule has 1 rings (SSSR count). The second-order valence-corrected chi connectivity index (χ2v) is 3.19. The molecule has 0 saturated carbocycles. The molecule has 1 fully saturated rings. The Morgan fingerprint density at radius 3 is 2.57 bits per heavy atom. The molecule has 2 unspecified atom stereocenters. The van der Waals surface area contributed by atoms with Crippen LogP contribution in [0.25, 0.3) is 0 Å². The summed E-state index contributed by atoms with van der Waals surface area (Å²) in [5.41, 5.74) is -2.83. The van der Waals surface area contributed by atoms with Gasteiger partial charge in [-0.3, -0.25) is 4.79 Å². The molecule has 14 heavy (non-hydrogen) atoms. The highest BCUT2D eigenvalue weighted by molar-refractivity contribution is 5.76. The van der Waals surface area contributed by atoms with E-state index < -0.39 is 36.8 Å². The van der Waals surface area contributed by atoms with E-state index in [1.165, 1.54) is 0 Å². The van der Waals surface area contributed by atoms with Crippen LogP contribution in [0.2, 0.25) is 0 Å². The zero-order chi connectivity index (χ0) is 11.0. The molecule has 2 atom stereocenters. The van der Waals surface area contributed by atoms with E-state index in [4.69, 9.17) is 5.11 Å². The highest BCUT2D eigenvalue weighted by Gasteiger charge is 2.58. The van der Waals surface area contributed by atoms with Crippen LogP contribution in [0.15, 0.2) is 0 Å². The van der Waals surface area contributed by atoms with Crippen LogP contribution in [0.1, 0.15) is 6.42 Å². The maximum Gasteiger partial charge on any atom is 0.418 e. The number of alkyl halides is 3. The van der Waals surface area contributed by atoms with Crippen molar-refractivity contribution in [3.63, 3.8) is 0 Å². The monoisotopic (exact) mass is 213 g/mol. The number of hydrogen-bond donors (Lipinski definition) is 2. The van der Waals surface area contributed by atoms with Crippen LogP contribution in [0.5, 0.6) is 0 Å². The lowest BCUT2D eigenvalue weighted by molar-refractivity contribution is -0.252. The Morgan fingerprint density at radius 1 is 1.64 bits per heavy atom. The predicted octanol–water partition coefficient (Wildman–Crippen LogP) is -0.185. The van der Waals surface area contributed by atoms with E-state index in [1.807, 2.05) is 0 Å². The van der Waals surface area contributed by atoms with E-state index in [1.54, 1.807) is 0 Å². The summed E-state index contributed by atoms with van der Waals surface area (Å²) >= 11 is 0. The molecule has 0 spiro atoms. The van der Waals surface area contributed by atoms with Gasteiger partial charge in [0.15, 0.2) is 5.60 Å². The molecule has 0 aliphatic carbocycles. The molecular formula is C7H10F3NO3. The second-order valence-electron chi connectivity index (χ2n) is 3.19. The van der Waals surface area contributed by atoms with Crippen LogP contribution < -0.4 is 5.32 Å². The van der Waals surface area contributed by atoms with Crippen LogP contribution in [0.3, 0.4) is 0 Å². The molecule has 1 aliphatic heterocycles. The van der Waals surface area contributed by atoms with Crippen molar-refractivity contribution in [2.75, 3.05) is 13.7 Å². The average Bonchev–Trinajstić information content (AvgIpc) is 2.47. The number of ether oxygens (including phenoxy) is 1. The van der Waals surface area contributed by atoms with Gasteiger partial charge in [0.2, 0.25) is 0 Å². The van der Waals surface area contributed by atoms with Gasteiger partial charge in [0.1, 0.15) is 6.04 Å². The number of aliphatic hydroxyl groups is 1. The van der Waals surface area contributed by atoms with E-state index in [-0.39, 0.29) is 0 Å². The molecule has 0 amide bonds. The van der Waals surface area contributed by atoms with Gasteiger partial charge in [0.05, 0.1) is 7.11 Å². The van der Waals surface area contributed by atoms with Gasteiger partial charge in [-0.25, -0.2) is 0 Å². The summed E-state index contributed by atoms with van der Waals surface area (Å²) in [6.07, 6.45) is -5.44. The average molecular weight is 213 g/mol. The standard InChI is InChI=1S/C7H10F3NO3/c1-14-5(12)4-2-6(13,3-11-4)7(8,9)10/h4,11,13H,2-3H2,1H3. The Balaban J connectivity index is 2.69. The molecule has 1 aliphatic rings. The van der Waals surface area contributed by atoms with Crippen LogP contribution in [-0.4, -0.2) is 42.5 Å². The summed E-state index contributed by atoms with van der Waals surface area (Å²) in [4.78, 5) is 10.9. The van der Waals surface area contributed by atoms with Gasteiger partial charge in [0.25, 0.3) is 0 Å². The zero-order valence-electron chi connectivity index (χ0n) is 7.39. The zero-order valence-corrected chi connectivity index (χ0v) is 7.39. The number of carbonyl (C=O) groups is 1. The smallest absolute Gasteiger partial charge is 0.418 e. The van der Waals surface area contributed by atoms with Crippen molar-refractivity contribution in [3.8, 4) is 0 Å². The summed E-state index contributed by atoms with van der Waals surface area (Å²) < 4.78 is 41.0.